The summed E-state index contributed by atoms with van der Waals surface area (Å²) in [4.78, 5) is 11.2. The van der Waals surface area contributed by atoms with Crippen molar-refractivity contribution in [2.24, 2.45) is 11.3 Å². The molecule has 3 nitrogen and oxygen atoms in total. The molecule has 1 N–H and O–H groups in total. The number of carboxylic acids is 1. The molecule has 1 heterocycles. The molecule has 1 aromatic carbocycles. The second-order valence-corrected chi connectivity index (χ2v) is 5.67. The van der Waals surface area contributed by atoms with Gasteiger partial charge in [0.05, 0.1) is 13.2 Å². The molecule has 0 bridgehead atoms. The van der Waals surface area contributed by atoms with Gasteiger partial charge in [-0.05, 0) is 29.9 Å². The summed E-state index contributed by atoms with van der Waals surface area (Å²) in [5.74, 6) is -0.110. The molecule has 1 aliphatic rings. The largest absolute Gasteiger partial charge is 0.481 e. The number of rotatable bonds is 5. The van der Waals surface area contributed by atoms with Crippen LogP contribution in [-0.4, -0.2) is 24.3 Å². The third kappa shape index (κ3) is 2.72. The zero-order chi connectivity index (χ0) is 13.2. The summed E-state index contributed by atoms with van der Waals surface area (Å²) < 4.78 is 5.07. The van der Waals surface area contributed by atoms with E-state index in [-0.39, 0.29) is 0 Å². The van der Waals surface area contributed by atoms with E-state index in [9.17, 15) is 9.90 Å². The van der Waals surface area contributed by atoms with Crippen LogP contribution >= 0.6 is 0 Å². The van der Waals surface area contributed by atoms with Crippen LogP contribution in [0.4, 0.5) is 0 Å². The van der Waals surface area contributed by atoms with Crippen LogP contribution in [0.5, 0.6) is 0 Å². The molecule has 0 amide bonds. The van der Waals surface area contributed by atoms with Gasteiger partial charge >= 0.3 is 5.97 Å². The van der Waals surface area contributed by atoms with Crippen LogP contribution in [0.1, 0.15) is 25.0 Å². The number of hydrogen-bond acceptors (Lipinski definition) is 2. The molecule has 0 aromatic heterocycles. The van der Waals surface area contributed by atoms with Gasteiger partial charge in [-0.25, -0.2) is 0 Å². The minimum Gasteiger partial charge on any atom is -0.481 e. The molecule has 18 heavy (non-hydrogen) atoms. The van der Waals surface area contributed by atoms with E-state index in [2.05, 4.69) is 26.0 Å². The van der Waals surface area contributed by atoms with E-state index >= 15 is 0 Å². The second kappa shape index (κ2) is 5.11. The molecule has 0 unspecified atom stereocenters. The topological polar surface area (TPSA) is 46.5 Å². The van der Waals surface area contributed by atoms with Crippen molar-refractivity contribution < 1.29 is 14.6 Å². The van der Waals surface area contributed by atoms with Crippen molar-refractivity contribution in [3.05, 3.63) is 35.4 Å². The molecule has 1 aliphatic heterocycles. The van der Waals surface area contributed by atoms with Gasteiger partial charge in [-0.15, -0.1) is 0 Å². The Kier molecular flexibility index (Phi) is 3.71. The maximum absolute atomic E-state index is 11.2. The normalized spacial score (nSPS) is 17.5. The number of carbonyl (C=O) groups is 1. The Labute approximate surface area is 108 Å². The minimum atomic E-state index is -0.750. The first-order valence-electron chi connectivity index (χ1n) is 6.41. The van der Waals surface area contributed by atoms with E-state index in [4.69, 9.17) is 4.74 Å². The van der Waals surface area contributed by atoms with Gasteiger partial charge in [0.15, 0.2) is 0 Å². The van der Waals surface area contributed by atoms with Crippen molar-refractivity contribution in [2.45, 2.75) is 26.7 Å². The molecule has 0 radical (unpaired) electrons. The Bertz CT molecular complexity index is 416. The third-order valence-corrected chi connectivity index (χ3v) is 3.42. The van der Waals surface area contributed by atoms with Crippen molar-refractivity contribution in [2.75, 3.05) is 13.2 Å². The van der Waals surface area contributed by atoms with Crippen molar-refractivity contribution in [1.29, 1.82) is 0 Å². The van der Waals surface area contributed by atoms with E-state index in [1.165, 1.54) is 5.56 Å². The van der Waals surface area contributed by atoms with Crippen molar-refractivity contribution in [3.63, 3.8) is 0 Å². The summed E-state index contributed by atoms with van der Waals surface area (Å²) in [5, 5.41) is 9.24. The molecule has 2 rings (SSSR count). The standard InChI is InChI=1S/C15H20O3/c1-11(2)7-12-3-5-13(6-4-12)8-15(14(16)17)9-18-10-15/h3-6,11H,7-10H2,1-2H3,(H,16,17). The Balaban J connectivity index is 2.04. The predicted octanol–water partition coefficient (Wildman–Crippen LogP) is 2.53. The lowest BCUT2D eigenvalue weighted by Crippen LogP contribution is -2.50. The van der Waals surface area contributed by atoms with Crippen LogP contribution in [0.25, 0.3) is 0 Å². The first-order valence-corrected chi connectivity index (χ1v) is 6.41. The van der Waals surface area contributed by atoms with Crippen LogP contribution in [0.3, 0.4) is 0 Å². The fourth-order valence-corrected chi connectivity index (χ4v) is 2.30. The minimum absolute atomic E-state index is 0.329. The number of ether oxygens (including phenoxy) is 1. The molecule has 1 fully saturated rings. The summed E-state index contributed by atoms with van der Waals surface area (Å²) in [6.45, 7) is 5.05. The van der Waals surface area contributed by atoms with Crippen LogP contribution in [0, 0.1) is 11.3 Å². The van der Waals surface area contributed by atoms with Gasteiger partial charge in [0, 0.05) is 0 Å². The molecular weight excluding hydrogens is 228 g/mol. The zero-order valence-corrected chi connectivity index (χ0v) is 11.0. The highest BCUT2D eigenvalue weighted by Gasteiger charge is 2.46. The highest BCUT2D eigenvalue weighted by Crippen LogP contribution is 2.32. The molecule has 1 saturated heterocycles. The SMILES string of the molecule is CC(C)Cc1ccc(CC2(C(=O)O)COC2)cc1. The number of benzene rings is 1. The van der Waals surface area contributed by atoms with Gasteiger partial charge in [0.1, 0.15) is 5.41 Å². The Hall–Kier alpha value is -1.35. The molecule has 0 atom stereocenters. The van der Waals surface area contributed by atoms with Crippen LogP contribution in [0.15, 0.2) is 24.3 Å². The van der Waals surface area contributed by atoms with Gasteiger partial charge in [0.25, 0.3) is 0 Å². The van der Waals surface area contributed by atoms with Crippen molar-refractivity contribution >= 4 is 5.97 Å². The smallest absolute Gasteiger partial charge is 0.314 e. The molecule has 98 valence electrons. The molecule has 0 aliphatic carbocycles. The van der Waals surface area contributed by atoms with Crippen molar-refractivity contribution in [3.8, 4) is 0 Å². The molecule has 0 spiro atoms. The van der Waals surface area contributed by atoms with Crippen LogP contribution in [-0.2, 0) is 22.4 Å². The summed E-state index contributed by atoms with van der Waals surface area (Å²) in [5.41, 5.74) is 1.69. The lowest BCUT2D eigenvalue weighted by atomic mass is 9.80. The van der Waals surface area contributed by atoms with Crippen LogP contribution < -0.4 is 0 Å². The van der Waals surface area contributed by atoms with Gasteiger partial charge in [-0.2, -0.15) is 0 Å². The average molecular weight is 248 g/mol. The Morgan fingerprint density at radius 2 is 1.83 bits per heavy atom. The van der Waals surface area contributed by atoms with E-state index in [0.29, 0.717) is 25.6 Å². The zero-order valence-electron chi connectivity index (χ0n) is 11.0. The number of aliphatic carboxylic acids is 1. The lowest BCUT2D eigenvalue weighted by Gasteiger charge is -2.37. The van der Waals surface area contributed by atoms with Crippen LogP contribution in [0.2, 0.25) is 0 Å². The summed E-state index contributed by atoms with van der Waals surface area (Å²) in [7, 11) is 0. The molecule has 0 saturated carbocycles. The van der Waals surface area contributed by atoms with E-state index in [1.807, 2.05) is 12.1 Å². The maximum Gasteiger partial charge on any atom is 0.314 e. The van der Waals surface area contributed by atoms with Gasteiger partial charge < -0.3 is 9.84 Å². The van der Waals surface area contributed by atoms with Gasteiger partial charge in [-0.1, -0.05) is 38.1 Å². The quantitative estimate of drug-likeness (QED) is 0.871. The lowest BCUT2D eigenvalue weighted by molar-refractivity contribution is -0.179. The fourth-order valence-electron chi connectivity index (χ4n) is 2.30. The summed E-state index contributed by atoms with van der Waals surface area (Å²) >= 11 is 0. The van der Waals surface area contributed by atoms with E-state index in [0.717, 1.165) is 12.0 Å². The van der Waals surface area contributed by atoms with Gasteiger partial charge in [-0.3, -0.25) is 4.79 Å². The first-order chi connectivity index (χ1) is 8.52. The summed E-state index contributed by atoms with van der Waals surface area (Å²) in [6, 6.07) is 8.29. The fraction of sp³-hybridized carbons (Fsp3) is 0.533. The monoisotopic (exact) mass is 248 g/mol. The van der Waals surface area contributed by atoms with Gasteiger partial charge in [0.2, 0.25) is 0 Å². The predicted molar refractivity (Wildman–Crippen MR) is 69.6 cm³/mol. The Morgan fingerprint density at radius 3 is 2.22 bits per heavy atom. The highest BCUT2D eigenvalue weighted by molar-refractivity contribution is 5.76. The average Bonchev–Trinajstić information content (AvgIpc) is 2.24. The van der Waals surface area contributed by atoms with E-state index in [1.54, 1.807) is 0 Å². The maximum atomic E-state index is 11.2. The second-order valence-electron chi connectivity index (χ2n) is 5.67. The van der Waals surface area contributed by atoms with Crippen molar-refractivity contribution in [1.82, 2.24) is 0 Å². The Morgan fingerprint density at radius 1 is 1.28 bits per heavy atom. The molecule has 3 heteroatoms. The number of hydrogen-bond donors (Lipinski definition) is 1. The van der Waals surface area contributed by atoms with E-state index < -0.39 is 11.4 Å². The third-order valence-electron chi connectivity index (χ3n) is 3.42. The number of carboxylic acid groups (broad SMARTS) is 1. The molecular formula is C15H20O3. The highest BCUT2D eigenvalue weighted by atomic mass is 16.5. The molecule has 1 aromatic rings. The first kappa shape index (κ1) is 13.1. The summed E-state index contributed by atoms with van der Waals surface area (Å²) in [6.07, 6.45) is 1.62.